The number of hydrogen-bond acceptors (Lipinski definition) is 5. The summed E-state index contributed by atoms with van der Waals surface area (Å²) < 4.78 is 15.6. The van der Waals surface area contributed by atoms with E-state index in [-0.39, 0.29) is 12.3 Å². The minimum Gasteiger partial charge on any atom is -0.497 e. The van der Waals surface area contributed by atoms with Crippen LogP contribution in [0.25, 0.3) is 0 Å². The van der Waals surface area contributed by atoms with Gasteiger partial charge < -0.3 is 19.5 Å². The third-order valence-electron chi connectivity index (χ3n) is 3.77. The summed E-state index contributed by atoms with van der Waals surface area (Å²) in [6.07, 6.45) is 0.140. The second kappa shape index (κ2) is 10.2. The maximum atomic E-state index is 12.1. The maximum absolute atomic E-state index is 12.1. The number of carbonyl (C=O) groups excluding carboxylic acids is 1. The van der Waals surface area contributed by atoms with E-state index in [1.54, 1.807) is 39.5 Å². The fourth-order valence-corrected chi connectivity index (χ4v) is 2.43. The predicted octanol–water partition coefficient (Wildman–Crippen LogP) is 1.95. The third kappa shape index (κ3) is 6.34. The van der Waals surface area contributed by atoms with Gasteiger partial charge in [-0.05, 0) is 36.0 Å². The highest BCUT2D eigenvalue weighted by Crippen LogP contribution is 2.24. The molecule has 0 aliphatic carbocycles. The second-order valence-corrected chi connectivity index (χ2v) is 5.97. The van der Waals surface area contributed by atoms with E-state index in [4.69, 9.17) is 26.4 Å². The smallest absolute Gasteiger partial charge is 0.242 e. The molecule has 2 aromatic carbocycles. The van der Waals surface area contributed by atoms with Gasteiger partial charge in [-0.15, -0.1) is 0 Å². The van der Waals surface area contributed by atoms with Crippen LogP contribution in [0.3, 0.4) is 0 Å². The number of hydrazine groups is 1. The Morgan fingerprint density at radius 3 is 2.22 bits per heavy atom. The lowest BCUT2D eigenvalue weighted by molar-refractivity contribution is -0.121. The highest BCUT2D eigenvalue weighted by Gasteiger charge is 2.10. The van der Waals surface area contributed by atoms with Crippen LogP contribution < -0.4 is 30.4 Å². The highest BCUT2D eigenvalue weighted by molar-refractivity contribution is 7.80. The van der Waals surface area contributed by atoms with Gasteiger partial charge in [0.1, 0.15) is 17.2 Å². The molecule has 144 valence electrons. The summed E-state index contributed by atoms with van der Waals surface area (Å²) in [5, 5.41) is 3.34. The van der Waals surface area contributed by atoms with Gasteiger partial charge in [-0.3, -0.25) is 15.6 Å². The Balaban J connectivity index is 1.78. The highest BCUT2D eigenvalue weighted by atomic mass is 32.1. The number of benzene rings is 2. The van der Waals surface area contributed by atoms with Crippen LogP contribution in [-0.2, 0) is 17.8 Å². The molecule has 0 bridgehead atoms. The Hall–Kier alpha value is -3.00. The molecule has 2 rings (SSSR count). The molecule has 0 saturated carbocycles. The number of ether oxygens (including phenoxy) is 3. The molecule has 27 heavy (non-hydrogen) atoms. The molecule has 0 spiro atoms. The summed E-state index contributed by atoms with van der Waals surface area (Å²) in [4.78, 5) is 12.1. The molecule has 2 aromatic rings. The zero-order chi connectivity index (χ0) is 19.6. The molecule has 0 saturated heterocycles. The summed E-state index contributed by atoms with van der Waals surface area (Å²) in [6.45, 7) is 0.526. The van der Waals surface area contributed by atoms with E-state index in [2.05, 4.69) is 16.2 Å². The van der Waals surface area contributed by atoms with Gasteiger partial charge in [0, 0.05) is 18.2 Å². The van der Waals surface area contributed by atoms with Crippen LogP contribution in [0.2, 0.25) is 0 Å². The Morgan fingerprint density at radius 2 is 1.59 bits per heavy atom. The van der Waals surface area contributed by atoms with Crippen molar-refractivity contribution in [3.8, 4) is 17.2 Å². The number of carbonyl (C=O) groups is 1. The Labute approximate surface area is 164 Å². The molecular weight excluding hydrogens is 366 g/mol. The number of methoxy groups -OCH3 is 3. The van der Waals surface area contributed by atoms with Crippen LogP contribution in [-0.4, -0.2) is 32.3 Å². The Kier molecular flexibility index (Phi) is 7.69. The molecule has 0 heterocycles. The van der Waals surface area contributed by atoms with Crippen molar-refractivity contribution in [2.75, 3.05) is 21.3 Å². The molecule has 0 aliphatic rings. The fourth-order valence-electron chi connectivity index (χ4n) is 2.31. The van der Waals surface area contributed by atoms with E-state index in [9.17, 15) is 4.79 Å². The largest absolute Gasteiger partial charge is 0.497 e. The predicted molar refractivity (Wildman–Crippen MR) is 107 cm³/mol. The first-order chi connectivity index (χ1) is 13.0. The summed E-state index contributed by atoms with van der Waals surface area (Å²) in [7, 11) is 4.74. The Bertz CT molecular complexity index is 781. The van der Waals surface area contributed by atoms with Crippen LogP contribution >= 0.6 is 12.2 Å². The second-order valence-electron chi connectivity index (χ2n) is 5.56. The van der Waals surface area contributed by atoms with Gasteiger partial charge in [-0.1, -0.05) is 18.2 Å². The van der Waals surface area contributed by atoms with Crippen LogP contribution in [0.1, 0.15) is 11.1 Å². The topological polar surface area (TPSA) is 80.9 Å². The van der Waals surface area contributed by atoms with Crippen molar-refractivity contribution >= 4 is 23.2 Å². The van der Waals surface area contributed by atoms with Gasteiger partial charge in [0.2, 0.25) is 5.91 Å². The molecule has 0 radical (unpaired) electrons. The molecule has 0 fully saturated rings. The number of rotatable bonds is 7. The van der Waals surface area contributed by atoms with E-state index in [1.165, 1.54) is 0 Å². The van der Waals surface area contributed by atoms with Gasteiger partial charge >= 0.3 is 0 Å². The van der Waals surface area contributed by atoms with E-state index in [0.717, 1.165) is 16.9 Å². The van der Waals surface area contributed by atoms with Crippen molar-refractivity contribution in [3.63, 3.8) is 0 Å². The molecule has 7 nitrogen and oxygen atoms in total. The maximum Gasteiger partial charge on any atom is 0.242 e. The zero-order valence-electron chi connectivity index (χ0n) is 15.5. The quantitative estimate of drug-likeness (QED) is 0.493. The van der Waals surface area contributed by atoms with Gasteiger partial charge in [0.25, 0.3) is 0 Å². The average Bonchev–Trinajstić information content (AvgIpc) is 2.71. The average molecular weight is 389 g/mol. The minimum absolute atomic E-state index is 0.140. The van der Waals surface area contributed by atoms with Gasteiger partial charge in [0.05, 0.1) is 27.8 Å². The zero-order valence-corrected chi connectivity index (χ0v) is 16.3. The van der Waals surface area contributed by atoms with Crippen molar-refractivity contribution in [2.45, 2.75) is 13.0 Å². The lowest BCUT2D eigenvalue weighted by Gasteiger charge is -2.13. The number of hydrogen-bond donors (Lipinski definition) is 3. The normalized spacial score (nSPS) is 9.89. The first-order valence-corrected chi connectivity index (χ1v) is 8.63. The summed E-state index contributed by atoms with van der Waals surface area (Å²) in [5.74, 6) is 1.80. The van der Waals surface area contributed by atoms with Crippen LogP contribution in [0.5, 0.6) is 17.2 Å². The lowest BCUT2D eigenvalue weighted by atomic mass is 10.1. The van der Waals surface area contributed by atoms with Crippen molar-refractivity contribution in [3.05, 3.63) is 53.6 Å². The first-order valence-electron chi connectivity index (χ1n) is 8.22. The van der Waals surface area contributed by atoms with Crippen molar-refractivity contribution < 1.29 is 19.0 Å². The van der Waals surface area contributed by atoms with E-state index in [0.29, 0.717) is 23.2 Å². The molecule has 0 unspecified atom stereocenters. The molecule has 3 N–H and O–H groups in total. The molecule has 0 aliphatic heterocycles. The molecule has 0 aromatic heterocycles. The molecule has 8 heteroatoms. The monoisotopic (exact) mass is 389 g/mol. The first kappa shape index (κ1) is 20.3. The fraction of sp³-hybridized carbons (Fsp3) is 0.263. The van der Waals surface area contributed by atoms with Gasteiger partial charge in [0.15, 0.2) is 5.11 Å². The lowest BCUT2D eigenvalue weighted by Crippen LogP contribution is -2.47. The summed E-state index contributed by atoms with van der Waals surface area (Å²) >= 11 is 5.16. The number of amides is 1. The van der Waals surface area contributed by atoms with Crippen molar-refractivity contribution in [2.24, 2.45) is 0 Å². The van der Waals surface area contributed by atoms with E-state index >= 15 is 0 Å². The van der Waals surface area contributed by atoms with Gasteiger partial charge in [-0.2, -0.15) is 0 Å². The van der Waals surface area contributed by atoms with Crippen LogP contribution in [0.15, 0.2) is 42.5 Å². The van der Waals surface area contributed by atoms with Gasteiger partial charge in [-0.25, -0.2) is 0 Å². The van der Waals surface area contributed by atoms with Crippen LogP contribution in [0, 0.1) is 0 Å². The summed E-state index contributed by atoms with van der Waals surface area (Å²) in [6, 6.07) is 12.9. The number of nitrogens with one attached hydrogen (secondary N) is 3. The van der Waals surface area contributed by atoms with Crippen molar-refractivity contribution in [1.29, 1.82) is 0 Å². The van der Waals surface area contributed by atoms with E-state index in [1.807, 2.05) is 24.3 Å². The van der Waals surface area contributed by atoms with Crippen LogP contribution in [0.4, 0.5) is 0 Å². The summed E-state index contributed by atoms with van der Waals surface area (Å²) in [5.41, 5.74) is 7.03. The SMILES string of the molecule is COc1ccc(CNC(=S)NNC(=O)Cc2ccc(OC)cc2OC)cc1. The third-order valence-corrected chi connectivity index (χ3v) is 4.02. The number of thiocarbonyl (C=S) groups is 1. The molecule has 0 atom stereocenters. The molecule has 1 amide bonds. The Morgan fingerprint density at radius 1 is 0.926 bits per heavy atom. The minimum atomic E-state index is -0.243. The molecular formula is C19H23N3O4S. The standard InChI is InChI=1S/C19H23N3O4S/c1-24-15-7-4-13(5-8-15)12-20-19(27)22-21-18(23)10-14-6-9-16(25-2)11-17(14)26-3/h4-9,11H,10,12H2,1-3H3,(H,21,23)(H2,20,22,27). The van der Waals surface area contributed by atoms with E-state index < -0.39 is 0 Å². The van der Waals surface area contributed by atoms with Crippen molar-refractivity contribution in [1.82, 2.24) is 16.2 Å².